The molecule has 0 saturated heterocycles. The van der Waals surface area contributed by atoms with Gasteiger partial charge in [0.05, 0.1) is 6.42 Å². The Morgan fingerprint density at radius 1 is 1.05 bits per heavy atom. The SMILES string of the molecule is Cc1cc(C)cc(CC(=O)NCCC(C)c2ccccc2)c1. The van der Waals surface area contributed by atoms with Gasteiger partial charge in [-0.2, -0.15) is 0 Å². The Hall–Kier alpha value is -2.09. The molecule has 0 aliphatic rings. The monoisotopic (exact) mass is 295 g/mol. The molecule has 1 atom stereocenters. The number of aryl methyl sites for hydroxylation is 2. The Morgan fingerprint density at radius 2 is 1.68 bits per heavy atom. The first-order chi connectivity index (χ1) is 10.5. The van der Waals surface area contributed by atoms with Crippen LogP contribution in [0.5, 0.6) is 0 Å². The highest BCUT2D eigenvalue weighted by molar-refractivity contribution is 5.78. The maximum atomic E-state index is 12.0. The fraction of sp³-hybridized carbons (Fsp3) is 0.350. The molecule has 0 spiro atoms. The van der Waals surface area contributed by atoms with Crippen molar-refractivity contribution >= 4 is 5.91 Å². The van der Waals surface area contributed by atoms with Crippen molar-refractivity contribution in [3.05, 3.63) is 70.8 Å². The molecule has 0 aliphatic carbocycles. The van der Waals surface area contributed by atoms with E-state index in [1.54, 1.807) is 0 Å². The number of hydrogen-bond acceptors (Lipinski definition) is 1. The van der Waals surface area contributed by atoms with Gasteiger partial charge in [0.15, 0.2) is 0 Å². The quantitative estimate of drug-likeness (QED) is 0.852. The van der Waals surface area contributed by atoms with Crippen LogP contribution in [0, 0.1) is 13.8 Å². The van der Waals surface area contributed by atoms with Crippen molar-refractivity contribution < 1.29 is 4.79 Å². The van der Waals surface area contributed by atoms with Crippen molar-refractivity contribution in [2.45, 2.75) is 39.5 Å². The fourth-order valence-electron chi connectivity index (χ4n) is 2.80. The summed E-state index contributed by atoms with van der Waals surface area (Å²) in [5.41, 5.74) is 4.83. The average molecular weight is 295 g/mol. The summed E-state index contributed by atoms with van der Waals surface area (Å²) in [7, 11) is 0. The van der Waals surface area contributed by atoms with Gasteiger partial charge >= 0.3 is 0 Å². The van der Waals surface area contributed by atoms with E-state index in [9.17, 15) is 4.79 Å². The molecule has 0 saturated carbocycles. The van der Waals surface area contributed by atoms with Gasteiger partial charge in [-0.15, -0.1) is 0 Å². The summed E-state index contributed by atoms with van der Waals surface area (Å²) < 4.78 is 0. The van der Waals surface area contributed by atoms with E-state index in [4.69, 9.17) is 0 Å². The minimum absolute atomic E-state index is 0.102. The second-order valence-electron chi connectivity index (χ2n) is 6.12. The van der Waals surface area contributed by atoms with Gasteiger partial charge in [-0.1, -0.05) is 66.6 Å². The predicted octanol–water partition coefficient (Wildman–Crippen LogP) is 4.16. The molecule has 2 nitrogen and oxygen atoms in total. The first-order valence-electron chi connectivity index (χ1n) is 7.93. The Kier molecular flexibility index (Phi) is 5.76. The minimum Gasteiger partial charge on any atom is -0.356 e. The molecule has 2 heteroatoms. The van der Waals surface area contributed by atoms with Crippen molar-refractivity contribution in [3.63, 3.8) is 0 Å². The third-order valence-electron chi connectivity index (χ3n) is 3.91. The molecule has 0 bridgehead atoms. The average Bonchev–Trinajstić information content (AvgIpc) is 2.47. The topological polar surface area (TPSA) is 29.1 Å². The van der Waals surface area contributed by atoms with Crippen LogP contribution >= 0.6 is 0 Å². The molecule has 116 valence electrons. The summed E-state index contributed by atoms with van der Waals surface area (Å²) in [5, 5.41) is 3.03. The Morgan fingerprint density at radius 3 is 2.32 bits per heavy atom. The number of rotatable bonds is 6. The summed E-state index contributed by atoms with van der Waals surface area (Å²) in [6.07, 6.45) is 1.42. The van der Waals surface area contributed by atoms with E-state index in [1.807, 2.05) is 6.07 Å². The van der Waals surface area contributed by atoms with Crippen molar-refractivity contribution in [2.24, 2.45) is 0 Å². The van der Waals surface area contributed by atoms with Gasteiger partial charge in [0.25, 0.3) is 0 Å². The van der Waals surface area contributed by atoms with Crippen LogP contribution in [0.2, 0.25) is 0 Å². The standard InChI is InChI=1S/C20H25NO/c1-15-11-16(2)13-18(12-15)14-20(22)21-10-9-17(3)19-7-5-4-6-8-19/h4-8,11-13,17H,9-10,14H2,1-3H3,(H,21,22). The van der Waals surface area contributed by atoms with Crippen molar-refractivity contribution in [2.75, 3.05) is 6.54 Å². The molecular formula is C20H25NO. The summed E-state index contributed by atoms with van der Waals surface area (Å²) in [4.78, 5) is 12.0. The first-order valence-corrected chi connectivity index (χ1v) is 7.93. The Balaban J connectivity index is 1.78. The van der Waals surface area contributed by atoms with Crippen LogP contribution in [0.3, 0.4) is 0 Å². The second kappa shape index (κ2) is 7.79. The molecule has 0 aromatic heterocycles. The van der Waals surface area contributed by atoms with E-state index in [0.29, 0.717) is 12.3 Å². The van der Waals surface area contributed by atoms with Gasteiger partial charge in [-0.3, -0.25) is 4.79 Å². The fourth-order valence-corrected chi connectivity index (χ4v) is 2.80. The third kappa shape index (κ3) is 5.03. The van der Waals surface area contributed by atoms with Gasteiger partial charge in [0, 0.05) is 6.54 Å². The highest BCUT2D eigenvalue weighted by Gasteiger charge is 2.07. The van der Waals surface area contributed by atoms with Crippen LogP contribution in [-0.4, -0.2) is 12.5 Å². The van der Waals surface area contributed by atoms with E-state index in [2.05, 4.69) is 68.6 Å². The van der Waals surface area contributed by atoms with E-state index in [1.165, 1.54) is 16.7 Å². The van der Waals surface area contributed by atoms with Gasteiger partial charge in [0.1, 0.15) is 0 Å². The van der Waals surface area contributed by atoms with Gasteiger partial charge in [-0.25, -0.2) is 0 Å². The Bertz CT molecular complexity index is 599. The summed E-state index contributed by atoms with van der Waals surface area (Å²) in [6.45, 7) is 7.05. The third-order valence-corrected chi connectivity index (χ3v) is 3.91. The lowest BCUT2D eigenvalue weighted by molar-refractivity contribution is -0.120. The Labute approximate surface area is 133 Å². The number of carbonyl (C=O) groups is 1. The van der Waals surface area contributed by atoms with E-state index in [-0.39, 0.29) is 5.91 Å². The van der Waals surface area contributed by atoms with E-state index < -0.39 is 0 Å². The minimum atomic E-state index is 0.102. The molecule has 2 rings (SSSR count). The van der Waals surface area contributed by atoms with Crippen molar-refractivity contribution in [1.82, 2.24) is 5.32 Å². The molecule has 2 aromatic carbocycles. The molecule has 0 radical (unpaired) electrons. The molecule has 0 aliphatic heterocycles. The zero-order chi connectivity index (χ0) is 15.9. The number of carbonyl (C=O) groups excluding carboxylic acids is 1. The summed E-state index contributed by atoms with van der Waals surface area (Å²) >= 11 is 0. The summed E-state index contributed by atoms with van der Waals surface area (Å²) in [5.74, 6) is 0.563. The maximum Gasteiger partial charge on any atom is 0.224 e. The zero-order valence-corrected chi connectivity index (χ0v) is 13.7. The number of amides is 1. The van der Waals surface area contributed by atoms with E-state index >= 15 is 0 Å². The number of nitrogens with one attached hydrogen (secondary N) is 1. The number of benzene rings is 2. The molecule has 0 heterocycles. The van der Waals surface area contributed by atoms with Gasteiger partial charge in [0.2, 0.25) is 5.91 Å². The second-order valence-corrected chi connectivity index (χ2v) is 6.12. The molecule has 2 aromatic rings. The van der Waals surface area contributed by atoms with E-state index in [0.717, 1.165) is 18.5 Å². The lowest BCUT2D eigenvalue weighted by atomic mass is 9.98. The van der Waals surface area contributed by atoms with Crippen LogP contribution in [-0.2, 0) is 11.2 Å². The lowest BCUT2D eigenvalue weighted by Crippen LogP contribution is -2.27. The van der Waals surface area contributed by atoms with Crippen LogP contribution in [0.15, 0.2) is 48.5 Å². The predicted molar refractivity (Wildman–Crippen MR) is 92.1 cm³/mol. The van der Waals surface area contributed by atoms with Crippen LogP contribution in [0.4, 0.5) is 0 Å². The molecule has 0 fully saturated rings. The maximum absolute atomic E-state index is 12.0. The first kappa shape index (κ1) is 16.3. The van der Waals surface area contributed by atoms with Crippen molar-refractivity contribution in [1.29, 1.82) is 0 Å². The molecular weight excluding hydrogens is 270 g/mol. The normalized spacial score (nSPS) is 12.0. The molecule has 22 heavy (non-hydrogen) atoms. The molecule has 1 unspecified atom stereocenters. The zero-order valence-electron chi connectivity index (χ0n) is 13.7. The highest BCUT2D eigenvalue weighted by Crippen LogP contribution is 2.17. The highest BCUT2D eigenvalue weighted by atomic mass is 16.1. The molecule has 1 amide bonds. The van der Waals surface area contributed by atoms with Gasteiger partial charge < -0.3 is 5.32 Å². The van der Waals surface area contributed by atoms with Crippen molar-refractivity contribution in [3.8, 4) is 0 Å². The van der Waals surface area contributed by atoms with Gasteiger partial charge in [-0.05, 0) is 37.3 Å². The van der Waals surface area contributed by atoms with Crippen LogP contribution in [0.1, 0.15) is 41.5 Å². The molecule has 1 N–H and O–H groups in total. The van der Waals surface area contributed by atoms with Crippen LogP contribution < -0.4 is 5.32 Å². The lowest BCUT2D eigenvalue weighted by Gasteiger charge is -2.12. The summed E-state index contributed by atoms with van der Waals surface area (Å²) in [6, 6.07) is 16.7. The number of hydrogen-bond donors (Lipinski definition) is 1. The largest absolute Gasteiger partial charge is 0.356 e. The smallest absolute Gasteiger partial charge is 0.224 e. The van der Waals surface area contributed by atoms with Crippen LogP contribution in [0.25, 0.3) is 0 Å².